The van der Waals surface area contributed by atoms with E-state index in [0.29, 0.717) is 23.7 Å². The number of ether oxygens (including phenoxy) is 1. The summed E-state index contributed by atoms with van der Waals surface area (Å²) in [7, 11) is 0. The molecule has 0 unspecified atom stereocenters. The van der Waals surface area contributed by atoms with Crippen molar-refractivity contribution >= 4 is 16.9 Å². The predicted octanol–water partition coefficient (Wildman–Crippen LogP) is 8.45. The van der Waals surface area contributed by atoms with Gasteiger partial charge in [0.25, 0.3) is 0 Å². The molecule has 4 saturated carbocycles. The SMILES string of the molecule is CC(=O)O[C@H]1CC[C@]2(C)[C@H]3CC[C@]4(C)[C@@H]([C@H](C)CCCC(C)C)CC[C@H]4[C@@H]3C[C@@H](NCCc3c[nH]c4ccccc34)[C@@]2(O)C1. The van der Waals surface area contributed by atoms with Crippen LogP contribution in [0.1, 0.15) is 118 Å². The number of H-pyrrole nitrogens is 1. The lowest BCUT2D eigenvalue weighted by molar-refractivity contribution is -0.237. The van der Waals surface area contributed by atoms with E-state index in [1.54, 1.807) is 0 Å². The van der Waals surface area contributed by atoms with Crippen molar-refractivity contribution in [1.29, 1.82) is 0 Å². The Morgan fingerprint density at radius 2 is 1.86 bits per heavy atom. The first-order valence-corrected chi connectivity index (χ1v) is 18.1. The van der Waals surface area contributed by atoms with Crippen LogP contribution < -0.4 is 5.32 Å². The fourth-order valence-electron chi connectivity index (χ4n) is 11.6. The second-order valence-electron chi connectivity index (χ2n) is 16.6. The average molecular weight is 605 g/mol. The molecule has 0 bridgehead atoms. The highest BCUT2D eigenvalue weighted by atomic mass is 16.5. The van der Waals surface area contributed by atoms with Gasteiger partial charge in [-0.05, 0) is 110 Å². The fraction of sp³-hybridized carbons (Fsp3) is 0.769. The second-order valence-corrected chi connectivity index (χ2v) is 16.6. The van der Waals surface area contributed by atoms with Gasteiger partial charge in [0.1, 0.15) is 6.10 Å². The van der Waals surface area contributed by atoms with Crippen molar-refractivity contribution < 1.29 is 14.6 Å². The number of aliphatic hydroxyl groups is 1. The zero-order valence-electron chi connectivity index (χ0n) is 28.5. The van der Waals surface area contributed by atoms with E-state index in [2.05, 4.69) is 75.4 Å². The molecule has 0 aliphatic heterocycles. The molecule has 1 aromatic heterocycles. The molecule has 5 heteroatoms. The highest BCUT2D eigenvalue weighted by Gasteiger charge is 2.67. The van der Waals surface area contributed by atoms with Crippen molar-refractivity contribution in [2.24, 2.45) is 46.3 Å². The zero-order valence-corrected chi connectivity index (χ0v) is 28.5. The summed E-state index contributed by atoms with van der Waals surface area (Å²) < 4.78 is 5.79. The summed E-state index contributed by atoms with van der Waals surface area (Å²) in [5.74, 6) is 4.09. The Labute approximate surface area is 266 Å². The normalized spacial score (nSPS) is 39.1. The Morgan fingerprint density at radius 1 is 1.07 bits per heavy atom. The molecule has 0 saturated heterocycles. The van der Waals surface area contributed by atoms with Gasteiger partial charge in [-0.2, -0.15) is 0 Å². The zero-order chi connectivity index (χ0) is 31.3. The molecule has 1 heterocycles. The average Bonchev–Trinajstić information content (AvgIpc) is 3.54. The van der Waals surface area contributed by atoms with Gasteiger partial charge in [0, 0.05) is 41.9 Å². The van der Waals surface area contributed by atoms with Crippen LogP contribution in [-0.4, -0.2) is 40.4 Å². The molecule has 10 atom stereocenters. The van der Waals surface area contributed by atoms with E-state index < -0.39 is 5.60 Å². The van der Waals surface area contributed by atoms with Crippen LogP contribution in [0.4, 0.5) is 0 Å². The highest BCUT2D eigenvalue weighted by Crippen LogP contribution is 2.69. The number of rotatable bonds is 10. The quantitative estimate of drug-likeness (QED) is 0.238. The molecule has 3 N–H and O–H groups in total. The number of hydrogen-bond donors (Lipinski definition) is 3. The summed E-state index contributed by atoms with van der Waals surface area (Å²) in [6, 6.07) is 8.53. The van der Waals surface area contributed by atoms with Crippen LogP contribution in [0.5, 0.6) is 0 Å². The standard InChI is InChI=1S/C39H60N2O3/c1-25(2)10-9-11-26(3)32-14-15-33-31-22-36(40-21-18-28-24-41-35-13-8-7-12-30(28)35)39(43)23-29(44-27(4)42)16-20-38(39,6)34(31)17-19-37(32,33)5/h7-8,12-13,24-26,29,31-34,36,40-41,43H,9-11,14-23H2,1-6H3/t26-,29+,31+,32-,33+,34+,36-,37-,38-,39+/m1/s1. The molecule has 4 aliphatic rings. The van der Waals surface area contributed by atoms with E-state index >= 15 is 0 Å². The van der Waals surface area contributed by atoms with E-state index in [1.165, 1.54) is 68.3 Å². The number of esters is 1. The van der Waals surface area contributed by atoms with E-state index in [0.717, 1.165) is 55.9 Å². The van der Waals surface area contributed by atoms with Gasteiger partial charge in [-0.15, -0.1) is 0 Å². The topological polar surface area (TPSA) is 74.3 Å². The van der Waals surface area contributed by atoms with Crippen molar-refractivity contribution in [1.82, 2.24) is 10.3 Å². The van der Waals surface area contributed by atoms with Crippen LogP contribution in [0.25, 0.3) is 10.9 Å². The van der Waals surface area contributed by atoms with Crippen LogP contribution in [0, 0.1) is 46.3 Å². The van der Waals surface area contributed by atoms with Crippen molar-refractivity contribution in [2.45, 2.75) is 136 Å². The minimum absolute atomic E-state index is 0.00202. The number of hydrogen-bond acceptors (Lipinski definition) is 4. The Balaban J connectivity index is 1.24. The number of fused-ring (bicyclic) bond motifs is 6. The lowest BCUT2D eigenvalue weighted by Crippen LogP contribution is -2.71. The van der Waals surface area contributed by atoms with Crippen LogP contribution in [0.15, 0.2) is 30.5 Å². The van der Waals surface area contributed by atoms with E-state index in [9.17, 15) is 9.90 Å². The Kier molecular flexibility index (Phi) is 9.05. The summed E-state index contributed by atoms with van der Waals surface area (Å²) >= 11 is 0. The van der Waals surface area contributed by atoms with Gasteiger partial charge in [0.2, 0.25) is 0 Å². The lowest BCUT2D eigenvalue weighted by Gasteiger charge is -2.66. The fourth-order valence-corrected chi connectivity index (χ4v) is 11.6. The first kappa shape index (κ1) is 32.1. The van der Waals surface area contributed by atoms with Crippen LogP contribution in [0.3, 0.4) is 0 Å². The molecule has 0 spiro atoms. The van der Waals surface area contributed by atoms with Crippen molar-refractivity contribution in [3.05, 3.63) is 36.0 Å². The maximum absolute atomic E-state index is 12.9. The molecule has 0 amide bonds. The van der Waals surface area contributed by atoms with Gasteiger partial charge < -0.3 is 20.1 Å². The van der Waals surface area contributed by atoms with Crippen LogP contribution in [-0.2, 0) is 16.0 Å². The molecule has 4 fully saturated rings. The number of aromatic nitrogens is 1. The molecular formula is C39H60N2O3. The Hall–Kier alpha value is -1.85. The number of carbonyl (C=O) groups is 1. The van der Waals surface area contributed by atoms with Gasteiger partial charge in [-0.25, -0.2) is 0 Å². The Morgan fingerprint density at radius 3 is 2.64 bits per heavy atom. The monoisotopic (exact) mass is 604 g/mol. The van der Waals surface area contributed by atoms with Crippen LogP contribution >= 0.6 is 0 Å². The number of benzene rings is 1. The van der Waals surface area contributed by atoms with Crippen LogP contribution in [0.2, 0.25) is 0 Å². The second kappa shape index (κ2) is 12.4. The Bertz CT molecular complexity index is 1300. The first-order chi connectivity index (χ1) is 21.0. The van der Waals surface area contributed by atoms with Gasteiger partial charge in [-0.3, -0.25) is 4.79 Å². The molecular weight excluding hydrogens is 544 g/mol. The summed E-state index contributed by atoms with van der Waals surface area (Å²) in [4.78, 5) is 15.4. The number of para-hydroxylation sites is 1. The smallest absolute Gasteiger partial charge is 0.302 e. The number of nitrogens with one attached hydrogen (secondary N) is 2. The predicted molar refractivity (Wildman–Crippen MR) is 179 cm³/mol. The molecule has 44 heavy (non-hydrogen) atoms. The number of carbonyl (C=O) groups excluding carboxylic acids is 1. The van der Waals surface area contributed by atoms with Crippen molar-refractivity contribution in [3.63, 3.8) is 0 Å². The molecule has 4 aliphatic carbocycles. The summed E-state index contributed by atoms with van der Waals surface area (Å²) in [5, 5.41) is 18.1. The molecule has 5 nitrogen and oxygen atoms in total. The van der Waals surface area contributed by atoms with Gasteiger partial charge in [0.15, 0.2) is 0 Å². The van der Waals surface area contributed by atoms with Gasteiger partial charge in [-0.1, -0.05) is 72.1 Å². The van der Waals surface area contributed by atoms with E-state index in [1.807, 2.05) is 0 Å². The third kappa shape index (κ3) is 5.57. The minimum Gasteiger partial charge on any atom is -0.462 e. The third-order valence-corrected chi connectivity index (χ3v) is 13.8. The maximum Gasteiger partial charge on any atom is 0.302 e. The van der Waals surface area contributed by atoms with E-state index in [4.69, 9.17) is 4.74 Å². The first-order valence-electron chi connectivity index (χ1n) is 18.1. The molecule has 2 aromatic rings. The van der Waals surface area contributed by atoms with E-state index in [-0.39, 0.29) is 23.5 Å². The highest BCUT2D eigenvalue weighted by molar-refractivity contribution is 5.83. The summed E-state index contributed by atoms with van der Waals surface area (Å²) in [6.45, 7) is 14.7. The minimum atomic E-state index is -0.886. The molecule has 1 aromatic carbocycles. The van der Waals surface area contributed by atoms with Crippen molar-refractivity contribution in [3.8, 4) is 0 Å². The maximum atomic E-state index is 12.9. The third-order valence-electron chi connectivity index (χ3n) is 13.8. The van der Waals surface area contributed by atoms with Gasteiger partial charge >= 0.3 is 5.97 Å². The molecule has 244 valence electrons. The lowest BCUT2D eigenvalue weighted by atomic mass is 9.42. The van der Waals surface area contributed by atoms with Gasteiger partial charge in [0.05, 0.1) is 5.60 Å². The molecule has 0 radical (unpaired) electrons. The largest absolute Gasteiger partial charge is 0.462 e. The summed E-state index contributed by atoms with van der Waals surface area (Å²) in [6.07, 6.45) is 15.6. The number of aromatic amines is 1. The molecule has 6 rings (SSSR count). The summed E-state index contributed by atoms with van der Waals surface area (Å²) in [5.41, 5.74) is 1.86. The van der Waals surface area contributed by atoms with Crippen molar-refractivity contribution in [2.75, 3.05) is 6.54 Å².